The first-order valence-electron chi connectivity index (χ1n) is 3.21. The molecular formula is C7H3N3S2. The molecule has 0 aliphatic heterocycles. The van der Waals surface area contributed by atoms with Crippen LogP contribution in [0.3, 0.4) is 0 Å². The summed E-state index contributed by atoms with van der Waals surface area (Å²) in [4.78, 5) is 3.88. The molecule has 1 aromatic heterocycles. The van der Waals surface area contributed by atoms with Crippen LogP contribution in [0.1, 0.15) is 0 Å². The summed E-state index contributed by atoms with van der Waals surface area (Å²) in [5.41, 5.74) is 1.52. The van der Waals surface area contributed by atoms with Crippen molar-refractivity contribution in [2.75, 3.05) is 0 Å². The minimum absolute atomic E-state index is 0.733. The van der Waals surface area contributed by atoms with Crippen LogP contribution in [0.25, 0.3) is 10.2 Å². The van der Waals surface area contributed by atoms with E-state index in [0.717, 1.165) is 15.9 Å². The Balaban J connectivity index is 2.81. The summed E-state index contributed by atoms with van der Waals surface area (Å²) in [6.07, 6.45) is 0. The van der Waals surface area contributed by atoms with Crippen LogP contribution in [0.2, 0.25) is 0 Å². The normalized spacial score (nSPS) is 9.67. The van der Waals surface area contributed by atoms with Gasteiger partial charge in [-0.05, 0) is 35.9 Å². The van der Waals surface area contributed by atoms with Gasteiger partial charge in [-0.25, -0.2) is 0 Å². The fourth-order valence-corrected chi connectivity index (χ4v) is 1.61. The largest absolute Gasteiger partial charge is 0.192 e. The van der Waals surface area contributed by atoms with Gasteiger partial charge in [-0.3, -0.25) is 0 Å². The lowest BCUT2D eigenvalue weighted by Crippen LogP contribution is -1.69. The number of thiocarbonyl (C=S) groups is 1. The number of benzene rings is 1. The molecule has 0 bridgehead atoms. The minimum Gasteiger partial charge on any atom is -0.192 e. The smallest absolute Gasteiger partial charge is 0.132 e. The van der Waals surface area contributed by atoms with Gasteiger partial charge in [0.15, 0.2) is 0 Å². The van der Waals surface area contributed by atoms with Crippen molar-refractivity contribution in [3.05, 3.63) is 18.2 Å². The summed E-state index contributed by atoms with van der Waals surface area (Å²) in [6, 6.07) is 5.68. The van der Waals surface area contributed by atoms with Crippen LogP contribution in [0.4, 0.5) is 5.69 Å². The lowest BCUT2D eigenvalue weighted by Gasteiger charge is -1.88. The third kappa shape index (κ3) is 1.14. The summed E-state index contributed by atoms with van der Waals surface area (Å²) in [7, 11) is 0. The first-order chi connectivity index (χ1) is 5.92. The van der Waals surface area contributed by atoms with Gasteiger partial charge in [0.2, 0.25) is 0 Å². The van der Waals surface area contributed by atoms with E-state index in [2.05, 4.69) is 32.0 Å². The molecule has 3 nitrogen and oxygen atoms in total. The molecule has 0 saturated carbocycles. The Morgan fingerprint density at radius 2 is 2.42 bits per heavy atom. The number of hydrogen-bond acceptors (Lipinski definition) is 5. The van der Waals surface area contributed by atoms with Crippen molar-refractivity contribution in [3.63, 3.8) is 0 Å². The molecule has 2 rings (SSSR count). The Morgan fingerprint density at radius 3 is 3.25 bits per heavy atom. The van der Waals surface area contributed by atoms with E-state index in [1.54, 1.807) is 0 Å². The van der Waals surface area contributed by atoms with Gasteiger partial charge < -0.3 is 0 Å². The summed E-state index contributed by atoms with van der Waals surface area (Å²) in [5.74, 6) is 0. The second-order valence-corrected chi connectivity index (χ2v) is 3.07. The maximum atomic E-state index is 4.51. The number of fused-ring (bicyclic) bond motifs is 1. The third-order valence-corrected chi connectivity index (χ3v) is 2.20. The van der Waals surface area contributed by atoms with Crippen LogP contribution in [0.5, 0.6) is 0 Å². The average Bonchev–Trinajstić information content (AvgIpc) is 2.53. The SMILES string of the molecule is S=C=Nc1cccc2snnc12. The zero-order valence-electron chi connectivity index (χ0n) is 5.89. The van der Waals surface area contributed by atoms with Crippen LogP contribution in [0.15, 0.2) is 23.2 Å². The van der Waals surface area contributed by atoms with E-state index < -0.39 is 0 Å². The van der Waals surface area contributed by atoms with Gasteiger partial charge in [-0.2, -0.15) is 4.99 Å². The van der Waals surface area contributed by atoms with Gasteiger partial charge in [0.25, 0.3) is 0 Å². The second-order valence-electron chi connectivity index (χ2n) is 2.10. The average molecular weight is 193 g/mol. The quantitative estimate of drug-likeness (QED) is 0.515. The van der Waals surface area contributed by atoms with E-state index in [1.165, 1.54) is 11.5 Å². The van der Waals surface area contributed by atoms with Crippen molar-refractivity contribution in [2.24, 2.45) is 4.99 Å². The van der Waals surface area contributed by atoms with Gasteiger partial charge in [0.1, 0.15) is 11.2 Å². The van der Waals surface area contributed by atoms with Gasteiger partial charge in [-0.15, -0.1) is 5.10 Å². The van der Waals surface area contributed by atoms with Crippen molar-refractivity contribution in [1.29, 1.82) is 0 Å². The molecule has 12 heavy (non-hydrogen) atoms. The highest BCUT2D eigenvalue weighted by molar-refractivity contribution is 7.78. The molecule has 1 heterocycles. The highest BCUT2D eigenvalue weighted by Crippen LogP contribution is 2.25. The molecule has 0 fully saturated rings. The Kier molecular flexibility index (Phi) is 1.91. The molecule has 58 valence electrons. The van der Waals surface area contributed by atoms with E-state index in [1.807, 2.05) is 18.2 Å². The van der Waals surface area contributed by atoms with E-state index in [-0.39, 0.29) is 0 Å². The molecule has 0 aliphatic carbocycles. The minimum atomic E-state index is 0.733. The van der Waals surface area contributed by atoms with Gasteiger partial charge in [-0.1, -0.05) is 10.6 Å². The maximum absolute atomic E-state index is 4.51. The van der Waals surface area contributed by atoms with Crippen molar-refractivity contribution in [1.82, 2.24) is 9.59 Å². The van der Waals surface area contributed by atoms with Crippen molar-refractivity contribution >= 4 is 44.8 Å². The summed E-state index contributed by atoms with van der Waals surface area (Å²) >= 11 is 5.85. The molecule has 5 heteroatoms. The molecule has 1 aromatic carbocycles. The van der Waals surface area contributed by atoms with Gasteiger partial charge >= 0.3 is 0 Å². The summed E-state index contributed by atoms with van der Waals surface area (Å²) in [6.45, 7) is 0. The Hall–Kier alpha value is -1.16. The van der Waals surface area contributed by atoms with Crippen molar-refractivity contribution < 1.29 is 0 Å². The molecule has 0 aliphatic rings. The topological polar surface area (TPSA) is 38.1 Å². The third-order valence-electron chi connectivity index (χ3n) is 1.42. The first-order valence-corrected chi connectivity index (χ1v) is 4.39. The van der Waals surface area contributed by atoms with Gasteiger partial charge in [0, 0.05) is 0 Å². The molecule has 0 radical (unpaired) electrons. The second kappa shape index (κ2) is 3.06. The van der Waals surface area contributed by atoms with Gasteiger partial charge in [0.05, 0.1) is 9.86 Å². The van der Waals surface area contributed by atoms with E-state index in [0.29, 0.717) is 0 Å². The number of isothiocyanates is 1. The predicted molar refractivity (Wildman–Crippen MR) is 52.1 cm³/mol. The maximum Gasteiger partial charge on any atom is 0.132 e. The van der Waals surface area contributed by atoms with Crippen molar-refractivity contribution in [2.45, 2.75) is 0 Å². The number of aliphatic imine (C=N–C) groups is 1. The lowest BCUT2D eigenvalue weighted by atomic mass is 10.3. The summed E-state index contributed by atoms with van der Waals surface area (Å²) in [5, 5.41) is 6.24. The molecule has 0 unspecified atom stereocenters. The molecule has 0 amide bonds. The van der Waals surface area contributed by atoms with E-state index in [9.17, 15) is 0 Å². The number of rotatable bonds is 1. The first kappa shape index (κ1) is 7.49. The van der Waals surface area contributed by atoms with Crippen molar-refractivity contribution in [3.8, 4) is 0 Å². The molecule has 0 spiro atoms. The Morgan fingerprint density at radius 1 is 1.50 bits per heavy atom. The number of hydrogen-bond donors (Lipinski definition) is 0. The number of nitrogens with zero attached hydrogens (tertiary/aromatic N) is 3. The van der Waals surface area contributed by atoms with Crippen LogP contribution in [-0.4, -0.2) is 14.7 Å². The fraction of sp³-hybridized carbons (Fsp3) is 0. The number of aromatic nitrogens is 2. The van der Waals surface area contributed by atoms with Crippen LogP contribution in [0, 0.1) is 0 Å². The van der Waals surface area contributed by atoms with E-state index >= 15 is 0 Å². The highest BCUT2D eigenvalue weighted by Gasteiger charge is 2.01. The molecular weight excluding hydrogens is 190 g/mol. The fourth-order valence-electron chi connectivity index (χ4n) is 0.930. The molecule has 0 saturated heterocycles. The van der Waals surface area contributed by atoms with Crippen LogP contribution < -0.4 is 0 Å². The van der Waals surface area contributed by atoms with Crippen LogP contribution in [-0.2, 0) is 0 Å². The Labute approximate surface area is 77.9 Å². The van der Waals surface area contributed by atoms with E-state index in [4.69, 9.17) is 0 Å². The lowest BCUT2D eigenvalue weighted by molar-refractivity contribution is 1.20. The molecule has 2 aromatic rings. The zero-order chi connectivity index (χ0) is 8.39. The predicted octanol–water partition coefficient (Wildman–Crippen LogP) is 2.43. The Bertz CT molecular complexity index is 456. The highest BCUT2D eigenvalue weighted by atomic mass is 32.1. The molecule has 0 atom stereocenters. The standard InChI is InChI=1S/C7H3N3S2/c11-4-8-5-2-1-3-6-7(5)9-10-12-6/h1-3H. The van der Waals surface area contributed by atoms with Crippen LogP contribution >= 0.6 is 23.8 Å². The zero-order valence-corrected chi connectivity index (χ0v) is 7.52. The summed E-state index contributed by atoms with van der Waals surface area (Å²) < 4.78 is 4.83. The monoisotopic (exact) mass is 193 g/mol. The molecule has 0 N–H and O–H groups in total.